The lowest BCUT2D eigenvalue weighted by atomic mass is 10.2. The predicted molar refractivity (Wildman–Crippen MR) is 83.0 cm³/mol. The van der Waals surface area contributed by atoms with Gasteiger partial charge in [0.2, 0.25) is 0 Å². The fourth-order valence-corrected chi connectivity index (χ4v) is 1.54. The number of rotatable bonds is 4. The van der Waals surface area contributed by atoms with Gasteiger partial charge in [-0.1, -0.05) is 60.7 Å². The highest BCUT2D eigenvalue weighted by Crippen LogP contribution is 2.00. The van der Waals surface area contributed by atoms with Crippen LogP contribution in [-0.4, -0.2) is 26.0 Å². The van der Waals surface area contributed by atoms with Gasteiger partial charge in [0, 0.05) is 13.1 Å². The van der Waals surface area contributed by atoms with Crippen molar-refractivity contribution >= 4 is 0 Å². The largest absolute Gasteiger partial charge is 0.312 e. The Morgan fingerprint density at radius 3 is 1.32 bits per heavy atom. The Morgan fingerprint density at radius 2 is 1.00 bits per heavy atom. The predicted octanol–water partition coefficient (Wildman–Crippen LogP) is 3.15. The van der Waals surface area contributed by atoms with Crippen molar-refractivity contribution in [3.05, 3.63) is 71.8 Å². The van der Waals surface area contributed by atoms with Crippen LogP contribution in [0.2, 0.25) is 0 Å². The van der Waals surface area contributed by atoms with Gasteiger partial charge in [0.25, 0.3) is 0 Å². The van der Waals surface area contributed by atoms with Gasteiger partial charge >= 0.3 is 0 Å². The van der Waals surface area contributed by atoms with Crippen molar-refractivity contribution in [2.24, 2.45) is 0 Å². The van der Waals surface area contributed by atoms with E-state index in [9.17, 15) is 0 Å². The molecule has 0 aliphatic carbocycles. The quantitative estimate of drug-likeness (QED) is 0.904. The monoisotopic (exact) mass is 256 g/mol. The van der Waals surface area contributed by atoms with E-state index in [1.165, 1.54) is 11.1 Å². The maximum absolute atomic E-state index is 3.42. The second kappa shape index (κ2) is 9.31. The molecule has 1 N–H and O–H groups in total. The van der Waals surface area contributed by atoms with Crippen LogP contribution in [0.3, 0.4) is 0 Å². The van der Waals surface area contributed by atoms with Crippen molar-refractivity contribution in [1.82, 2.24) is 10.2 Å². The van der Waals surface area contributed by atoms with Gasteiger partial charge in [-0.15, -0.1) is 0 Å². The molecule has 0 aromatic heterocycles. The Balaban J connectivity index is 0.000000399. The Labute approximate surface area is 117 Å². The van der Waals surface area contributed by atoms with E-state index in [2.05, 4.69) is 53.8 Å². The molecule has 102 valence electrons. The first-order valence-electron chi connectivity index (χ1n) is 6.58. The molecule has 0 unspecified atom stereocenters. The summed E-state index contributed by atoms with van der Waals surface area (Å²) in [6, 6.07) is 20.9. The minimum atomic E-state index is 0.926. The first kappa shape index (κ1) is 15.4. The van der Waals surface area contributed by atoms with E-state index in [4.69, 9.17) is 0 Å². The van der Waals surface area contributed by atoms with Crippen molar-refractivity contribution in [2.75, 3.05) is 21.1 Å². The summed E-state index contributed by atoms with van der Waals surface area (Å²) in [7, 11) is 6.00. The molecule has 0 saturated heterocycles. The summed E-state index contributed by atoms with van der Waals surface area (Å²) in [5.41, 5.74) is 2.65. The lowest BCUT2D eigenvalue weighted by Crippen LogP contribution is -2.12. The topological polar surface area (TPSA) is 15.3 Å². The van der Waals surface area contributed by atoms with Crippen LogP contribution in [0.1, 0.15) is 11.1 Å². The fourth-order valence-electron chi connectivity index (χ4n) is 1.54. The van der Waals surface area contributed by atoms with Crippen molar-refractivity contribution in [3.63, 3.8) is 0 Å². The zero-order valence-electron chi connectivity index (χ0n) is 12.1. The normalized spacial score (nSPS) is 9.89. The third-order valence-corrected chi connectivity index (χ3v) is 2.34. The van der Waals surface area contributed by atoms with Gasteiger partial charge in [-0.2, -0.15) is 0 Å². The molecule has 2 aromatic rings. The second-order valence-corrected chi connectivity index (χ2v) is 4.92. The van der Waals surface area contributed by atoms with E-state index in [1.54, 1.807) is 0 Å². The summed E-state index contributed by atoms with van der Waals surface area (Å²) in [6.07, 6.45) is 0. The molecule has 2 aromatic carbocycles. The molecule has 0 spiro atoms. The molecule has 0 atom stereocenters. The molecule has 2 heteroatoms. The van der Waals surface area contributed by atoms with Gasteiger partial charge in [-0.05, 0) is 32.3 Å². The van der Waals surface area contributed by atoms with Crippen molar-refractivity contribution in [1.29, 1.82) is 0 Å². The molecule has 0 saturated carbocycles. The van der Waals surface area contributed by atoms with E-state index >= 15 is 0 Å². The SMILES string of the molecule is CN(C)C.c1ccc(CNCc2ccccc2)cc1. The van der Waals surface area contributed by atoms with E-state index in [0.717, 1.165) is 13.1 Å². The Bertz CT molecular complexity index is 381. The molecule has 2 rings (SSSR count). The van der Waals surface area contributed by atoms with Crippen LogP contribution in [0, 0.1) is 0 Å². The molecule has 0 amide bonds. The van der Waals surface area contributed by atoms with Crippen LogP contribution < -0.4 is 5.32 Å². The summed E-state index contributed by atoms with van der Waals surface area (Å²) in [4.78, 5) is 2.00. The molecule has 0 aliphatic rings. The van der Waals surface area contributed by atoms with Gasteiger partial charge in [-0.3, -0.25) is 0 Å². The molecule has 0 fully saturated rings. The Kier molecular flexibility index (Phi) is 7.56. The lowest BCUT2D eigenvalue weighted by Gasteiger charge is -2.04. The third-order valence-electron chi connectivity index (χ3n) is 2.34. The minimum Gasteiger partial charge on any atom is -0.312 e. The summed E-state index contributed by atoms with van der Waals surface area (Å²) in [6.45, 7) is 1.85. The van der Waals surface area contributed by atoms with Crippen LogP contribution >= 0.6 is 0 Å². The first-order valence-corrected chi connectivity index (χ1v) is 6.58. The van der Waals surface area contributed by atoms with Crippen molar-refractivity contribution < 1.29 is 0 Å². The molecular weight excluding hydrogens is 232 g/mol. The first-order chi connectivity index (χ1) is 9.18. The molecule has 0 radical (unpaired) electrons. The Hall–Kier alpha value is -1.64. The van der Waals surface area contributed by atoms with Crippen molar-refractivity contribution in [3.8, 4) is 0 Å². The van der Waals surface area contributed by atoms with E-state index in [1.807, 2.05) is 38.2 Å². The molecule has 0 bridgehead atoms. The highest BCUT2D eigenvalue weighted by atomic mass is 15.0. The van der Waals surface area contributed by atoms with Crippen LogP contribution in [0.25, 0.3) is 0 Å². The highest BCUT2D eigenvalue weighted by molar-refractivity contribution is 5.16. The maximum Gasteiger partial charge on any atom is 0.0208 e. The zero-order valence-corrected chi connectivity index (χ0v) is 12.1. The molecular formula is C17H24N2. The third kappa shape index (κ3) is 8.14. The number of hydrogen-bond donors (Lipinski definition) is 1. The molecule has 0 heterocycles. The van der Waals surface area contributed by atoms with Gasteiger partial charge in [0.15, 0.2) is 0 Å². The van der Waals surface area contributed by atoms with Gasteiger partial charge < -0.3 is 10.2 Å². The maximum atomic E-state index is 3.42. The fraction of sp³-hybridized carbons (Fsp3) is 0.294. The van der Waals surface area contributed by atoms with Gasteiger partial charge in [-0.25, -0.2) is 0 Å². The summed E-state index contributed by atoms with van der Waals surface area (Å²) in [5.74, 6) is 0. The van der Waals surface area contributed by atoms with Crippen LogP contribution in [0.5, 0.6) is 0 Å². The van der Waals surface area contributed by atoms with Crippen LogP contribution in [0.15, 0.2) is 60.7 Å². The van der Waals surface area contributed by atoms with Crippen LogP contribution in [0.4, 0.5) is 0 Å². The van der Waals surface area contributed by atoms with E-state index in [0.29, 0.717) is 0 Å². The number of nitrogens with one attached hydrogen (secondary N) is 1. The van der Waals surface area contributed by atoms with Gasteiger partial charge in [0.1, 0.15) is 0 Å². The molecule has 19 heavy (non-hydrogen) atoms. The van der Waals surface area contributed by atoms with Crippen molar-refractivity contribution in [2.45, 2.75) is 13.1 Å². The lowest BCUT2D eigenvalue weighted by molar-refractivity contribution is 0.505. The number of benzene rings is 2. The summed E-state index contributed by atoms with van der Waals surface area (Å²) < 4.78 is 0. The summed E-state index contributed by atoms with van der Waals surface area (Å²) >= 11 is 0. The average molecular weight is 256 g/mol. The second-order valence-electron chi connectivity index (χ2n) is 4.92. The minimum absolute atomic E-state index is 0.926. The number of hydrogen-bond acceptors (Lipinski definition) is 2. The van der Waals surface area contributed by atoms with E-state index < -0.39 is 0 Å². The Morgan fingerprint density at radius 1 is 0.684 bits per heavy atom. The standard InChI is InChI=1S/C14H15N.C3H9N/c1-3-7-13(8-4-1)11-15-12-14-9-5-2-6-10-14;1-4(2)3/h1-10,15H,11-12H2;1-3H3. The molecule has 0 aliphatic heterocycles. The molecule has 2 nitrogen and oxygen atoms in total. The number of nitrogens with zero attached hydrogens (tertiary/aromatic N) is 1. The highest BCUT2D eigenvalue weighted by Gasteiger charge is 1.92. The van der Waals surface area contributed by atoms with Crippen LogP contribution in [-0.2, 0) is 13.1 Å². The zero-order chi connectivity index (χ0) is 13.9. The van der Waals surface area contributed by atoms with Gasteiger partial charge in [0.05, 0.1) is 0 Å². The van der Waals surface area contributed by atoms with E-state index in [-0.39, 0.29) is 0 Å². The summed E-state index contributed by atoms with van der Waals surface area (Å²) in [5, 5.41) is 3.42. The smallest absolute Gasteiger partial charge is 0.0208 e. The average Bonchev–Trinajstić information content (AvgIpc) is 2.41.